The average molecular weight is 285 g/mol. The second kappa shape index (κ2) is 6.87. The molecule has 0 amide bonds. The highest BCUT2D eigenvalue weighted by Crippen LogP contribution is 2.10. The van der Waals surface area contributed by atoms with E-state index in [0.717, 1.165) is 57.1 Å². The zero-order valence-electron chi connectivity index (χ0n) is 12.7. The molecule has 1 fully saturated rings. The highest BCUT2D eigenvalue weighted by Gasteiger charge is 2.17. The number of piperazine rings is 1. The van der Waals surface area contributed by atoms with Gasteiger partial charge in [0.2, 0.25) is 0 Å². The Morgan fingerprint density at radius 2 is 1.76 bits per heavy atom. The molecule has 0 unspecified atom stereocenters. The Morgan fingerprint density at radius 3 is 2.43 bits per heavy atom. The zero-order valence-corrected chi connectivity index (χ0v) is 12.7. The number of nitrogens with zero attached hydrogens (tertiary/aromatic N) is 3. The van der Waals surface area contributed by atoms with Crippen molar-refractivity contribution in [3.8, 4) is 0 Å². The van der Waals surface area contributed by atoms with Crippen molar-refractivity contribution < 1.29 is 4.52 Å². The molecular weight excluding hydrogens is 262 g/mol. The van der Waals surface area contributed by atoms with Gasteiger partial charge in [0.05, 0.1) is 5.69 Å². The predicted octanol–water partition coefficient (Wildman–Crippen LogP) is 2.34. The molecule has 2 heterocycles. The lowest BCUT2D eigenvalue weighted by molar-refractivity contribution is 0.126. The average Bonchev–Trinajstić information content (AvgIpc) is 2.93. The van der Waals surface area contributed by atoms with Gasteiger partial charge >= 0.3 is 0 Å². The molecule has 0 spiro atoms. The fourth-order valence-electron chi connectivity index (χ4n) is 2.82. The molecule has 1 aliphatic heterocycles. The second-order valence-corrected chi connectivity index (χ2v) is 5.78. The van der Waals surface area contributed by atoms with E-state index in [2.05, 4.69) is 45.3 Å². The molecule has 4 nitrogen and oxygen atoms in total. The van der Waals surface area contributed by atoms with Crippen LogP contribution in [0.4, 0.5) is 0 Å². The van der Waals surface area contributed by atoms with Crippen LogP contribution in [0, 0.1) is 6.92 Å². The summed E-state index contributed by atoms with van der Waals surface area (Å²) in [6, 6.07) is 12.8. The van der Waals surface area contributed by atoms with Crippen molar-refractivity contribution in [3.63, 3.8) is 0 Å². The van der Waals surface area contributed by atoms with Gasteiger partial charge in [0.1, 0.15) is 5.76 Å². The van der Waals surface area contributed by atoms with Crippen LogP contribution in [0.2, 0.25) is 0 Å². The van der Waals surface area contributed by atoms with Gasteiger partial charge in [0.25, 0.3) is 0 Å². The van der Waals surface area contributed by atoms with Crippen molar-refractivity contribution in [3.05, 3.63) is 53.4 Å². The van der Waals surface area contributed by atoms with E-state index in [1.807, 2.05) is 13.0 Å². The van der Waals surface area contributed by atoms with E-state index < -0.39 is 0 Å². The van der Waals surface area contributed by atoms with E-state index in [1.165, 1.54) is 5.56 Å². The first-order chi connectivity index (χ1) is 10.3. The minimum Gasteiger partial charge on any atom is -0.361 e. The Balaban J connectivity index is 1.40. The molecule has 3 rings (SSSR count). The molecule has 112 valence electrons. The lowest BCUT2D eigenvalue weighted by Crippen LogP contribution is -2.46. The van der Waals surface area contributed by atoms with Crippen molar-refractivity contribution >= 4 is 0 Å². The first-order valence-corrected chi connectivity index (χ1v) is 7.70. The van der Waals surface area contributed by atoms with Crippen LogP contribution < -0.4 is 0 Å². The van der Waals surface area contributed by atoms with Gasteiger partial charge < -0.3 is 9.42 Å². The summed E-state index contributed by atoms with van der Waals surface area (Å²) in [7, 11) is 0. The van der Waals surface area contributed by atoms with E-state index >= 15 is 0 Å². The number of aromatic nitrogens is 1. The minimum absolute atomic E-state index is 0.895. The summed E-state index contributed by atoms with van der Waals surface area (Å²) in [4.78, 5) is 5.01. The molecule has 1 saturated heterocycles. The lowest BCUT2D eigenvalue weighted by atomic mass is 10.1. The summed E-state index contributed by atoms with van der Waals surface area (Å²) in [6.07, 6.45) is 1.14. The molecule has 1 aromatic heterocycles. The summed E-state index contributed by atoms with van der Waals surface area (Å²) < 4.78 is 5.13. The van der Waals surface area contributed by atoms with E-state index in [-0.39, 0.29) is 0 Å². The Kier molecular flexibility index (Phi) is 4.68. The molecule has 0 bridgehead atoms. The Bertz CT molecular complexity index is 544. The van der Waals surface area contributed by atoms with Crippen molar-refractivity contribution in [2.75, 3.05) is 32.7 Å². The molecule has 1 aliphatic rings. The van der Waals surface area contributed by atoms with E-state index in [0.29, 0.717) is 0 Å². The van der Waals surface area contributed by atoms with E-state index in [1.54, 1.807) is 0 Å². The fraction of sp³-hybridized carbons (Fsp3) is 0.471. The standard InChI is InChI=1S/C17H23N3O/c1-15-13-17(18-21-15)14-20-11-9-19(10-12-20)8-7-16-5-3-2-4-6-16/h2-6,13H,7-12,14H2,1H3. The van der Waals surface area contributed by atoms with Gasteiger partial charge in [-0.05, 0) is 18.9 Å². The van der Waals surface area contributed by atoms with Crippen molar-refractivity contribution in [2.24, 2.45) is 0 Å². The SMILES string of the molecule is Cc1cc(CN2CCN(CCc3ccccc3)CC2)no1. The molecular formula is C17H23N3O. The van der Waals surface area contributed by atoms with Crippen LogP contribution in [0.1, 0.15) is 17.0 Å². The number of rotatable bonds is 5. The highest BCUT2D eigenvalue weighted by atomic mass is 16.5. The van der Waals surface area contributed by atoms with Crippen LogP contribution >= 0.6 is 0 Å². The second-order valence-electron chi connectivity index (χ2n) is 5.78. The maximum atomic E-state index is 5.13. The normalized spacial score (nSPS) is 17.2. The molecule has 0 radical (unpaired) electrons. The monoisotopic (exact) mass is 285 g/mol. The van der Waals surface area contributed by atoms with E-state index in [4.69, 9.17) is 4.52 Å². The van der Waals surface area contributed by atoms with Gasteiger partial charge in [0.15, 0.2) is 0 Å². The van der Waals surface area contributed by atoms with Crippen molar-refractivity contribution in [1.82, 2.24) is 15.0 Å². The molecule has 2 aromatic rings. The summed E-state index contributed by atoms with van der Waals surface area (Å²) in [5.41, 5.74) is 2.48. The Morgan fingerprint density at radius 1 is 1.05 bits per heavy atom. The molecule has 21 heavy (non-hydrogen) atoms. The van der Waals surface area contributed by atoms with Crippen molar-refractivity contribution in [1.29, 1.82) is 0 Å². The Labute approximate surface area is 126 Å². The van der Waals surface area contributed by atoms with Crippen LogP contribution in [0.3, 0.4) is 0 Å². The third-order valence-corrected chi connectivity index (χ3v) is 4.09. The summed E-state index contributed by atoms with van der Waals surface area (Å²) in [5, 5.41) is 4.07. The predicted molar refractivity (Wildman–Crippen MR) is 83.1 cm³/mol. The molecule has 0 saturated carbocycles. The van der Waals surface area contributed by atoms with Crippen molar-refractivity contribution in [2.45, 2.75) is 19.9 Å². The molecule has 0 aliphatic carbocycles. The third kappa shape index (κ3) is 4.16. The molecule has 4 heteroatoms. The number of aryl methyl sites for hydroxylation is 1. The van der Waals surface area contributed by atoms with Crippen LogP contribution in [0.5, 0.6) is 0 Å². The van der Waals surface area contributed by atoms with Crippen LogP contribution in [0.15, 0.2) is 40.9 Å². The van der Waals surface area contributed by atoms with Gasteiger partial charge in [-0.2, -0.15) is 0 Å². The first-order valence-electron chi connectivity index (χ1n) is 7.70. The Hall–Kier alpha value is -1.65. The first kappa shape index (κ1) is 14.3. The maximum absolute atomic E-state index is 5.13. The maximum Gasteiger partial charge on any atom is 0.133 e. The van der Waals surface area contributed by atoms with Gasteiger partial charge in [-0.3, -0.25) is 4.90 Å². The zero-order chi connectivity index (χ0) is 14.5. The smallest absolute Gasteiger partial charge is 0.133 e. The molecule has 0 atom stereocenters. The van der Waals surface area contributed by atoms with Gasteiger partial charge in [-0.1, -0.05) is 35.5 Å². The quantitative estimate of drug-likeness (QED) is 0.844. The lowest BCUT2D eigenvalue weighted by Gasteiger charge is -2.34. The highest BCUT2D eigenvalue weighted by molar-refractivity contribution is 5.14. The topological polar surface area (TPSA) is 32.5 Å². The molecule has 0 N–H and O–H groups in total. The fourth-order valence-corrected chi connectivity index (χ4v) is 2.82. The van der Waals surface area contributed by atoms with Crippen LogP contribution in [-0.4, -0.2) is 47.7 Å². The third-order valence-electron chi connectivity index (χ3n) is 4.09. The molecule has 1 aromatic carbocycles. The van der Waals surface area contributed by atoms with Gasteiger partial charge in [-0.15, -0.1) is 0 Å². The number of hydrogen-bond donors (Lipinski definition) is 0. The summed E-state index contributed by atoms with van der Waals surface area (Å²) >= 11 is 0. The minimum atomic E-state index is 0.895. The number of hydrogen-bond acceptors (Lipinski definition) is 4. The van der Waals surface area contributed by atoms with Crippen LogP contribution in [-0.2, 0) is 13.0 Å². The van der Waals surface area contributed by atoms with E-state index in [9.17, 15) is 0 Å². The van der Waals surface area contributed by atoms with Crippen LogP contribution in [0.25, 0.3) is 0 Å². The largest absolute Gasteiger partial charge is 0.361 e. The summed E-state index contributed by atoms with van der Waals surface area (Å²) in [5.74, 6) is 0.895. The van der Waals surface area contributed by atoms with Gasteiger partial charge in [0, 0.05) is 45.3 Å². The van der Waals surface area contributed by atoms with Gasteiger partial charge in [-0.25, -0.2) is 0 Å². The summed E-state index contributed by atoms with van der Waals surface area (Å²) in [6.45, 7) is 8.51. The number of benzene rings is 1.